The van der Waals surface area contributed by atoms with Crippen molar-refractivity contribution in [1.82, 2.24) is 5.43 Å². The lowest BCUT2D eigenvalue weighted by Crippen LogP contribution is -2.29. The first kappa shape index (κ1) is 19.1. The zero-order chi connectivity index (χ0) is 13.4. The van der Waals surface area contributed by atoms with Gasteiger partial charge in [0.25, 0.3) is 0 Å². The molecule has 0 aliphatic carbocycles. The average molecular weight is 262 g/mol. The summed E-state index contributed by atoms with van der Waals surface area (Å²) in [5, 5.41) is 0. The highest BCUT2D eigenvalue weighted by atomic mass is 32.1. The second-order valence-corrected chi connectivity index (χ2v) is 4.61. The van der Waals surface area contributed by atoms with Gasteiger partial charge < -0.3 is 0 Å². The number of carbonyl (C=O) groups excluding carboxylic acids is 1. The second kappa shape index (κ2) is 18.2. The van der Waals surface area contributed by atoms with Gasteiger partial charge in [0.15, 0.2) is 0 Å². The van der Waals surface area contributed by atoms with Crippen LogP contribution in [0.1, 0.15) is 71.6 Å². The Morgan fingerprint density at radius 2 is 1.41 bits per heavy atom. The summed E-state index contributed by atoms with van der Waals surface area (Å²) in [5.74, 6) is 5.10. The van der Waals surface area contributed by atoms with Gasteiger partial charge in [-0.2, -0.15) is 12.6 Å². The fourth-order valence-electron chi connectivity index (χ4n) is 1.38. The minimum Gasteiger partial charge on any atom is -0.294 e. The van der Waals surface area contributed by atoms with Crippen LogP contribution in [0.3, 0.4) is 0 Å². The van der Waals surface area contributed by atoms with Crippen molar-refractivity contribution in [2.75, 3.05) is 5.75 Å². The van der Waals surface area contributed by atoms with Crippen molar-refractivity contribution in [1.29, 1.82) is 0 Å². The molecule has 0 fully saturated rings. The van der Waals surface area contributed by atoms with E-state index in [1.54, 1.807) is 0 Å². The van der Waals surface area contributed by atoms with E-state index < -0.39 is 0 Å². The maximum absolute atomic E-state index is 10.1. The zero-order valence-corrected chi connectivity index (χ0v) is 12.4. The van der Waals surface area contributed by atoms with Crippen molar-refractivity contribution in [3.8, 4) is 0 Å². The molecule has 0 saturated heterocycles. The van der Waals surface area contributed by atoms with Crippen LogP contribution in [-0.4, -0.2) is 11.7 Å². The molecule has 17 heavy (non-hydrogen) atoms. The monoisotopic (exact) mass is 262 g/mol. The zero-order valence-electron chi connectivity index (χ0n) is 11.5. The summed E-state index contributed by atoms with van der Waals surface area (Å²) < 4.78 is 0. The molecule has 0 rings (SSSR count). The van der Waals surface area contributed by atoms with Gasteiger partial charge in [-0.15, -0.1) is 0 Å². The van der Waals surface area contributed by atoms with E-state index in [0.717, 1.165) is 0 Å². The number of rotatable bonds is 9. The molecule has 0 atom stereocenters. The standard InChI is InChI=1S/C10H22.C3H8N2OS/c1-3-5-7-9-10-8-6-4-2;4-5-3(6)1-2-7/h3-10H2,1-2H3;7H,1-2,4H2,(H,5,6). The van der Waals surface area contributed by atoms with Crippen LogP contribution in [0, 0.1) is 0 Å². The largest absolute Gasteiger partial charge is 0.294 e. The smallest absolute Gasteiger partial charge is 0.234 e. The number of nitrogens with one attached hydrogen (secondary N) is 1. The van der Waals surface area contributed by atoms with Gasteiger partial charge in [0.05, 0.1) is 0 Å². The summed E-state index contributed by atoms with van der Waals surface area (Å²) in [6, 6.07) is 0. The van der Waals surface area contributed by atoms with Crippen LogP contribution in [0.2, 0.25) is 0 Å². The SMILES string of the molecule is CCCCCCCCCC.NNC(=O)CCS. The van der Waals surface area contributed by atoms with E-state index in [1.165, 1.54) is 51.4 Å². The van der Waals surface area contributed by atoms with Crippen LogP contribution < -0.4 is 11.3 Å². The molecule has 0 aromatic carbocycles. The van der Waals surface area contributed by atoms with Gasteiger partial charge in [-0.3, -0.25) is 10.2 Å². The molecule has 0 spiro atoms. The van der Waals surface area contributed by atoms with Crippen molar-refractivity contribution < 1.29 is 4.79 Å². The Bertz CT molecular complexity index is 146. The van der Waals surface area contributed by atoms with Gasteiger partial charge in [0.2, 0.25) is 5.91 Å². The molecule has 3 nitrogen and oxygen atoms in total. The van der Waals surface area contributed by atoms with Crippen molar-refractivity contribution in [3.05, 3.63) is 0 Å². The Balaban J connectivity index is 0. The first-order valence-corrected chi connectivity index (χ1v) is 7.46. The van der Waals surface area contributed by atoms with Crippen molar-refractivity contribution >= 4 is 18.5 Å². The molecule has 0 aromatic heterocycles. The predicted octanol–water partition coefficient (Wildman–Crippen LogP) is 3.44. The van der Waals surface area contributed by atoms with E-state index in [-0.39, 0.29) is 5.91 Å². The lowest BCUT2D eigenvalue weighted by Gasteiger charge is -1.97. The second-order valence-electron chi connectivity index (χ2n) is 4.16. The number of amides is 1. The quantitative estimate of drug-likeness (QED) is 0.196. The molecule has 0 aliphatic heterocycles. The van der Waals surface area contributed by atoms with Crippen LogP contribution in [0.25, 0.3) is 0 Å². The molecule has 1 amide bonds. The molecule has 3 N–H and O–H groups in total. The summed E-state index contributed by atoms with van der Waals surface area (Å²) in [6.45, 7) is 4.54. The predicted molar refractivity (Wildman–Crippen MR) is 79.1 cm³/mol. The molecule has 104 valence electrons. The normalized spacial score (nSPS) is 9.41. The Kier molecular flexibility index (Phi) is 20.4. The third-order valence-electron chi connectivity index (χ3n) is 2.46. The number of hydrogen-bond donors (Lipinski definition) is 3. The summed E-state index contributed by atoms with van der Waals surface area (Å²) in [4.78, 5) is 10.1. The molecular weight excluding hydrogens is 232 g/mol. The van der Waals surface area contributed by atoms with Crippen LogP contribution in [0.5, 0.6) is 0 Å². The minimum absolute atomic E-state index is 0.171. The molecule has 0 unspecified atom stereocenters. The van der Waals surface area contributed by atoms with E-state index in [9.17, 15) is 4.79 Å². The maximum Gasteiger partial charge on any atom is 0.234 e. The van der Waals surface area contributed by atoms with E-state index in [2.05, 4.69) is 26.5 Å². The fraction of sp³-hybridized carbons (Fsp3) is 0.923. The van der Waals surface area contributed by atoms with Crippen molar-refractivity contribution in [2.45, 2.75) is 71.6 Å². The number of carbonyl (C=O) groups is 1. The van der Waals surface area contributed by atoms with Crippen LogP contribution >= 0.6 is 12.6 Å². The van der Waals surface area contributed by atoms with E-state index in [0.29, 0.717) is 12.2 Å². The Morgan fingerprint density at radius 3 is 1.65 bits per heavy atom. The summed E-state index contributed by atoms with van der Waals surface area (Å²) >= 11 is 3.80. The van der Waals surface area contributed by atoms with Crippen molar-refractivity contribution in [2.24, 2.45) is 5.84 Å². The molecule has 0 aromatic rings. The van der Waals surface area contributed by atoms with Gasteiger partial charge in [-0.25, -0.2) is 5.84 Å². The number of hydrogen-bond acceptors (Lipinski definition) is 3. The number of hydrazine groups is 1. The van der Waals surface area contributed by atoms with E-state index >= 15 is 0 Å². The number of nitrogens with two attached hydrogens (primary N) is 1. The van der Waals surface area contributed by atoms with Crippen LogP contribution in [-0.2, 0) is 4.79 Å². The van der Waals surface area contributed by atoms with Gasteiger partial charge >= 0.3 is 0 Å². The third-order valence-corrected chi connectivity index (χ3v) is 2.68. The van der Waals surface area contributed by atoms with Crippen LogP contribution in [0.15, 0.2) is 0 Å². The Labute approximate surface area is 112 Å². The lowest BCUT2D eigenvalue weighted by molar-refractivity contribution is -0.120. The molecule has 4 heteroatoms. The first-order valence-electron chi connectivity index (χ1n) is 6.83. The first-order chi connectivity index (χ1) is 8.22. The van der Waals surface area contributed by atoms with Gasteiger partial charge in [-0.1, -0.05) is 65.2 Å². The van der Waals surface area contributed by atoms with Gasteiger partial charge in [-0.05, 0) is 5.75 Å². The molecule has 0 radical (unpaired) electrons. The lowest BCUT2D eigenvalue weighted by atomic mass is 10.1. The highest BCUT2D eigenvalue weighted by molar-refractivity contribution is 7.80. The molecule has 0 saturated carbocycles. The van der Waals surface area contributed by atoms with Crippen LogP contribution in [0.4, 0.5) is 0 Å². The molecule has 0 aliphatic rings. The van der Waals surface area contributed by atoms with Gasteiger partial charge in [0.1, 0.15) is 0 Å². The Hall–Kier alpha value is -0.220. The molecular formula is C13H30N2OS. The topological polar surface area (TPSA) is 55.1 Å². The van der Waals surface area contributed by atoms with E-state index in [1.807, 2.05) is 5.43 Å². The highest BCUT2D eigenvalue weighted by Crippen LogP contribution is 2.07. The summed E-state index contributed by atoms with van der Waals surface area (Å²) in [6.07, 6.45) is 11.8. The molecule has 0 bridgehead atoms. The minimum atomic E-state index is -0.171. The highest BCUT2D eigenvalue weighted by Gasteiger charge is 1.91. The fourth-order valence-corrected chi connectivity index (χ4v) is 1.58. The third kappa shape index (κ3) is 21.6. The van der Waals surface area contributed by atoms with Crippen molar-refractivity contribution in [3.63, 3.8) is 0 Å². The average Bonchev–Trinajstić information content (AvgIpc) is 2.35. The maximum atomic E-state index is 10.1. The summed E-state index contributed by atoms with van der Waals surface area (Å²) in [7, 11) is 0. The number of thiol groups is 1. The van der Waals surface area contributed by atoms with Gasteiger partial charge in [0, 0.05) is 6.42 Å². The molecule has 0 heterocycles. The Morgan fingerprint density at radius 1 is 1.00 bits per heavy atom. The van der Waals surface area contributed by atoms with E-state index in [4.69, 9.17) is 5.84 Å². The number of unbranched alkanes of at least 4 members (excludes halogenated alkanes) is 7. The summed E-state index contributed by atoms with van der Waals surface area (Å²) in [5.41, 5.74) is 1.98.